The highest BCUT2D eigenvalue weighted by atomic mass is 32.1. The molecule has 6 aromatic rings. The van der Waals surface area contributed by atoms with Crippen molar-refractivity contribution in [3.63, 3.8) is 0 Å². The maximum Gasteiger partial charge on any atom is 0.254 e. The molecule has 58 heavy (non-hydrogen) atoms. The standard InChI is InChI=1S/C54H61BN2S/c1-32-26-44-48-45(27-32)57(42-21-18-34(28-33(42)2)50(3,4)5)49-47(36-16-14-15-17-46(36)58-49)55(48)41-30-39-40(54(12,13)25-24-53(39,10)11)31-43(41)56(44)35-19-20-37-38(29-35)52(8,9)23-22-51(37,6)7/h14-21,26-31H,22-25H2,1-13H3. The van der Waals surface area contributed by atoms with Crippen LogP contribution in [0.3, 0.4) is 0 Å². The highest BCUT2D eigenvalue weighted by Gasteiger charge is 2.48. The normalized spacial score (nSPS) is 19.3. The Morgan fingerprint density at radius 2 is 1.14 bits per heavy atom. The number of benzene rings is 5. The quantitative estimate of drug-likeness (QED) is 0.161. The van der Waals surface area contributed by atoms with Gasteiger partial charge in [0.25, 0.3) is 6.71 Å². The predicted octanol–water partition coefficient (Wildman–Crippen LogP) is 13.6. The van der Waals surface area contributed by atoms with Gasteiger partial charge in [-0.25, -0.2) is 0 Å². The molecule has 0 radical (unpaired) electrons. The first kappa shape index (κ1) is 38.0. The van der Waals surface area contributed by atoms with Crippen LogP contribution < -0.4 is 26.2 Å². The van der Waals surface area contributed by atoms with Crippen LogP contribution in [0.15, 0.2) is 84.9 Å². The van der Waals surface area contributed by atoms with E-state index in [4.69, 9.17) is 0 Å². The largest absolute Gasteiger partial charge is 0.311 e. The van der Waals surface area contributed by atoms with E-state index in [0.717, 1.165) is 0 Å². The van der Waals surface area contributed by atoms with E-state index >= 15 is 0 Å². The Bertz CT molecular complexity index is 2720. The topological polar surface area (TPSA) is 6.48 Å². The van der Waals surface area contributed by atoms with Crippen molar-refractivity contribution in [2.75, 3.05) is 9.80 Å². The number of hydrogen-bond donors (Lipinski definition) is 0. The highest BCUT2D eigenvalue weighted by Crippen LogP contribution is 2.54. The second-order valence-electron chi connectivity index (χ2n) is 22.1. The van der Waals surface area contributed by atoms with E-state index in [0.29, 0.717) is 0 Å². The summed E-state index contributed by atoms with van der Waals surface area (Å²) in [5.41, 5.74) is 21.5. The Kier molecular flexibility index (Phi) is 7.96. The Morgan fingerprint density at radius 1 is 0.552 bits per heavy atom. The van der Waals surface area contributed by atoms with Crippen molar-refractivity contribution < 1.29 is 0 Å². The van der Waals surface area contributed by atoms with Crippen LogP contribution in [0.5, 0.6) is 0 Å². The average molecular weight is 781 g/mol. The van der Waals surface area contributed by atoms with E-state index in [1.54, 1.807) is 0 Å². The van der Waals surface area contributed by atoms with Crippen molar-refractivity contribution in [3.05, 3.63) is 124 Å². The summed E-state index contributed by atoms with van der Waals surface area (Å²) in [6.07, 6.45) is 4.80. The van der Waals surface area contributed by atoms with Gasteiger partial charge in [-0.1, -0.05) is 119 Å². The lowest BCUT2D eigenvalue weighted by atomic mass is 9.33. The molecule has 4 heteroatoms. The first-order chi connectivity index (χ1) is 27.2. The number of thiophene rings is 1. The summed E-state index contributed by atoms with van der Waals surface area (Å²) in [4.78, 5) is 5.35. The van der Waals surface area contributed by atoms with E-state index in [2.05, 4.69) is 185 Å². The van der Waals surface area contributed by atoms with Gasteiger partial charge in [-0.05, 0) is 170 Å². The number of nitrogens with zero attached hydrogens (tertiary/aromatic N) is 2. The average Bonchev–Trinajstić information content (AvgIpc) is 3.54. The maximum absolute atomic E-state index is 2.70. The van der Waals surface area contributed by atoms with Crippen LogP contribution in [0.2, 0.25) is 0 Å². The zero-order valence-electron chi connectivity index (χ0n) is 37.3. The second-order valence-corrected chi connectivity index (χ2v) is 23.1. The number of rotatable bonds is 2. The Balaban J connectivity index is 1.33. The molecule has 10 rings (SSSR count). The van der Waals surface area contributed by atoms with Gasteiger partial charge in [0, 0.05) is 33.1 Å². The first-order valence-electron chi connectivity index (χ1n) is 21.9. The third-order valence-electron chi connectivity index (χ3n) is 15.1. The third-order valence-corrected chi connectivity index (χ3v) is 16.3. The molecular weight excluding hydrogens is 719 g/mol. The van der Waals surface area contributed by atoms with Crippen LogP contribution in [0.25, 0.3) is 10.1 Å². The fourth-order valence-corrected chi connectivity index (χ4v) is 12.5. The van der Waals surface area contributed by atoms with Gasteiger partial charge in [0.2, 0.25) is 0 Å². The smallest absolute Gasteiger partial charge is 0.254 e. The molecule has 3 heterocycles. The number of fused-ring (bicyclic) bond motifs is 8. The molecule has 0 unspecified atom stereocenters. The molecule has 0 saturated heterocycles. The Morgan fingerprint density at radius 3 is 1.78 bits per heavy atom. The molecular formula is C54H61BN2S. The molecule has 0 bridgehead atoms. The van der Waals surface area contributed by atoms with E-state index in [1.807, 2.05) is 11.3 Å². The number of aryl methyl sites for hydroxylation is 2. The molecule has 0 spiro atoms. The zero-order chi connectivity index (χ0) is 41.1. The van der Waals surface area contributed by atoms with Gasteiger partial charge in [-0.2, -0.15) is 0 Å². The minimum atomic E-state index is 0.0753. The maximum atomic E-state index is 2.70. The summed E-state index contributed by atoms with van der Waals surface area (Å²) in [6, 6.07) is 34.3. The monoisotopic (exact) mass is 780 g/mol. The molecule has 4 aliphatic rings. The van der Waals surface area contributed by atoms with E-state index in [1.165, 1.54) is 125 Å². The molecule has 296 valence electrons. The Labute approximate surface area is 352 Å². The molecule has 0 N–H and O–H groups in total. The minimum Gasteiger partial charge on any atom is -0.311 e. The molecule has 0 atom stereocenters. The molecule has 0 saturated carbocycles. The predicted molar refractivity (Wildman–Crippen MR) is 255 cm³/mol. The number of anilines is 6. The molecule has 2 aliphatic heterocycles. The first-order valence-corrected chi connectivity index (χ1v) is 22.7. The summed E-state index contributed by atoms with van der Waals surface area (Å²) in [5, 5.41) is 2.74. The fourth-order valence-electron chi connectivity index (χ4n) is 11.3. The summed E-state index contributed by atoms with van der Waals surface area (Å²) in [5.74, 6) is 0. The van der Waals surface area contributed by atoms with Crippen LogP contribution in [0.4, 0.5) is 33.4 Å². The zero-order valence-corrected chi connectivity index (χ0v) is 38.1. The summed E-state index contributed by atoms with van der Waals surface area (Å²) < 4.78 is 1.36. The Hall–Kier alpha value is -4.28. The van der Waals surface area contributed by atoms with Crippen LogP contribution >= 0.6 is 11.3 Å². The van der Waals surface area contributed by atoms with Gasteiger partial charge in [0.15, 0.2) is 0 Å². The lowest BCUT2D eigenvalue weighted by molar-refractivity contribution is 0.332. The van der Waals surface area contributed by atoms with Crippen molar-refractivity contribution >= 4 is 78.0 Å². The van der Waals surface area contributed by atoms with E-state index < -0.39 is 0 Å². The summed E-state index contributed by atoms with van der Waals surface area (Å²) in [7, 11) is 0. The molecule has 1 aromatic heterocycles. The molecule has 0 fully saturated rings. The van der Waals surface area contributed by atoms with Gasteiger partial charge in [0.05, 0.1) is 5.00 Å². The lowest BCUT2D eigenvalue weighted by Crippen LogP contribution is -2.61. The van der Waals surface area contributed by atoms with Crippen LogP contribution in [0, 0.1) is 13.8 Å². The minimum absolute atomic E-state index is 0.0753. The van der Waals surface area contributed by atoms with Gasteiger partial charge in [0.1, 0.15) is 0 Å². The molecule has 0 amide bonds. The SMILES string of the molecule is Cc1cc2c3c(c1)N(c1ccc(C(C)(C)C)cc1C)c1sc4ccccc4c1B3c1cc3c(cc1N2c1ccc2c(c1)C(C)(C)CCC2(C)C)C(C)(C)CCC3(C)C. The van der Waals surface area contributed by atoms with E-state index in [-0.39, 0.29) is 33.8 Å². The summed E-state index contributed by atoms with van der Waals surface area (Å²) >= 11 is 1.97. The van der Waals surface area contributed by atoms with Crippen LogP contribution in [-0.2, 0) is 27.1 Å². The molecule has 5 aromatic carbocycles. The molecule has 2 aliphatic carbocycles. The summed E-state index contributed by atoms with van der Waals surface area (Å²) in [6.45, 7) is 31.5. The second kappa shape index (κ2) is 12.2. The van der Waals surface area contributed by atoms with Gasteiger partial charge < -0.3 is 9.80 Å². The van der Waals surface area contributed by atoms with Gasteiger partial charge >= 0.3 is 0 Å². The van der Waals surface area contributed by atoms with Crippen LogP contribution in [-0.4, -0.2) is 6.71 Å². The van der Waals surface area contributed by atoms with Crippen molar-refractivity contribution in [1.82, 2.24) is 0 Å². The third kappa shape index (κ3) is 5.42. The van der Waals surface area contributed by atoms with Crippen molar-refractivity contribution in [3.8, 4) is 0 Å². The highest BCUT2D eigenvalue weighted by molar-refractivity contribution is 7.26. The molecule has 2 nitrogen and oxygen atoms in total. The van der Waals surface area contributed by atoms with E-state index in [9.17, 15) is 0 Å². The van der Waals surface area contributed by atoms with Crippen molar-refractivity contribution in [2.45, 2.75) is 143 Å². The van der Waals surface area contributed by atoms with Crippen molar-refractivity contribution in [2.24, 2.45) is 0 Å². The van der Waals surface area contributed by atoms with Crippen LogP contribution in [0.1, 0.15) is 141 Å². The fraction of sp³-hybridized carbons (Fsp3) is 0.407. The lowest BCUT2D eigenvalue weighted by Gasteiger charge is -2.47. The van der Waals surface area contributed by atoms with Gasteiger partial charge in [-0.15, -0.1) is 11.3 Å². The number of hydrogen-bond acceptors (Lipinski definition) is 3. The van der Waals surface area contributed by atoms with Gasteiger partial charge in [-0.3, -0.25) is 0 Å². The van der Waals surface area contributed by atoms with Crippen molar-refractivity contribution in [1.29, 1.82) is 0 Å².